The second-order valence-electron chi connectivity index (χ2n) is 15.4. The first kappa shape index (κ1) is 22.4. The molecule has 0 saturated heterocycles. The molecule has 304 valence electrons. The van der Waals surface area contributed by atoms with Crippen molar-refractivity contribution >= 4 is 79.2 Å². The Morgan fingerprint density at radius 2 is 1.02 bits per heavy atom. The fourth-order valence-electron chi connectivity index (χ4n) is 9.37. The second kappa shape index (κ2) is 15.3. The topological polar surface area (TPSA) is 14.2 Å². The zero-order valence-electron chi connectivity index (χ0n) is 54.8. The minimum absolute atomic E-state index is 0.0281. The summed E-state index contributed by atoms with van der Waals surface area (Å²) in [6, 6.07) is 21.6. The highest BCUT2D eigenvalue weighted by Gasteiger charge is 2.44. The van der Waals surface area contributed by atoms with Gasteiger partial charge in [-0.25, -0.2) is 0 Å². The number of benzene rings is 10. The number of hydrogen-bond donors (Lipinski definition) is 0. The summed E-state index contributed by atoms with van der Waals surface area (Å²) in [7, 11) is -3.47. The van der Waals surface area contributed by atoms with Gasteiger partial charge in [-0.1, -0.05) is 200 Å². The molecule has 65 heavy (non-hydrogen) atoms. The maximum atomic E-state index is 10.4. The molecule has 5 heteroatoms. The highest BCUT2D eigenvalue weighted by atomic mass is 32.2. The second-order valence-corrected chi connectivity index (χ2v) is 20.3. The first-order chi connectivity index (χ1) is 41.0. The Morgan fingerprint density at radius 3 is 1.69 bits per heavy atom. The molecule has 0 amide bonds. The largest absolute Gasteiger partial charge is 0.458 e. The van der Waals surface area contributed by atoms with Crippen LogP contribution in [0.1, 0.15) is 28.8 Å². The minimum Gasteiger partial charge on any atom is -0.458 e. The first-order valence-corrected chi connectivity index (χ1v) is 23.5. The van der Waals surface area contributed by atoms with Crippen molar-refractivity contribution in [3.63, 3.8) is 0 Å². The number of ether oxygens (including phenoxy) is 1. The van der Waals surface area contributed by atoms with Gasteiger partial charge in [-0.2, -0.15) is 11.6 Å². The van der Waals surface area contributed by atoms with Crippen LogP contribution in [0.25, 0.3) is 60.9 Å². The molecule has 11 aromatic rings. The molecule has 13 rings (SSSR count). The molecule has 10 aromatic carbocycles. The summed E-state index contributed by atoms with van der Waals surface area (Å²) < 4.78 is 205. The molecule has 2 nitrogen and oxygen atoms in total. The Bertz CT molecular complexity index is 4680. The minimum atomic E-state index is -3.47. The highest BCUT2D eigenvalue weighted by molar-refractivity contribution is 8.28. The molecule has 1 aromatic heterocycles. The highest BCUT2D eigenvalue weighted by Crippen LogP contribution is 2.46. The van der Waals surface area contributed by atoms with Crippen LogP contribution < -0.4 is 36.4 Å². The van der Waals surface area contributed by atoms with Gasteiger partial charge in [-0.3, -0.25) is 0 Å². The normalized spacial score (nSPS) is 17.2. The number of hydrogen-bond acceptors (Lipinski definition) is 2. The molecule has 0 saturated carbocycles. The fraction of sp³-hybridized carbons (Fsp3) is 0. The van der Waals surface area contributed by atoms with E-state index >= 15 is 0 Å². The van der Waals surface area contributed by atoms with Crippen molar-refractivity contribution in [2.75, 3.05) is 0 Å². The Hall–Kier alpha value is -7.57. The molecular formula is C60H40BNOSSi. The van der Waals surface area contributed by atoms with Gasteiger partial charge >= 0.3 is 0 Å². The molecule has 2 aliphatic rings. The zero-order chi connectivity index (χ0) is 61.2. The summed E-state index contributed by atoms with van der Waals surface area (Å²) in [6.07, 6.45) is 0. The van der Waals surface area contributed by atoms with Gasteiger partial charge in [0.1, 0.15) is 11.5 Å². The zero-order valence-corrected chi connectivity index (χ0v) is 35.6. The van der Waals surface area contributed by atoms with Crippen molar-refractivity contribution in [2.24, 2.45) is 0 Å². The lowest BCUT2D eigenvalue weighted by atomic mass is 9.57. The molecule has 0 N–H and O–H groups in total. The van der Waals surface area contributed by atoms with E-state index in [0.29, 0.717) is 5.56 Å². The van der Waals surface area contributed by atoms with Crippen LogP contribution in [0.4, 0.5) is 0 Å². The van der Waals surface area contributed by atoms with E-state index in [4.69, 9.17) is 18.4 Å². The van der Waals surface area contributed by atoms with Crippen LogP contribution >= 0.6 is 11.6 Å². The summed E-state index contributed by atoms with van der Waals surface area (Å²) in [5.41, 5.74) is -3.54. The molecule has 0 atom stereocenters. The lowest BCUT2D eigenvalue weighted by molar-refractivity contribution is 0.488. The molecule has 0 radical (unpaired) electrons. The summed E-state index contributed by atoms with van der Waals surface area (Å²) in [6.45, 7) is 0. The van der Waals surface area contributed by atoms with Gasteiger partial charge in [0, 0.05) is 21.2 Å². The average molecular weight is 883 g/mol. The third-order valence-corrected chi connectivity index (χ3v) is 18.2. The summed E-state index contributed by atoms with van der Waals surface area (Å²) >= 11 is 0.841. The van der Waals surface area contributed by atoms with Gasteiger partial charge in [0.25, 0.3) is 5.99 Å². The number of nitrogens with zero attached hydrogens (tertiary/aromatic N) is 1. The van der Waals surface area contributed by atoms with Gasteiger partial charge in [0.2, 0.25) is 0 Å². The molecule has 0 bridgehead atoms. The van der Waals surface area contributed by atoms with Crippen LogP contribution in [0.3, 0.4) is 0 Å². The smallest absolute Gasteiger partial charge is 0.289 e. The maximum Gasteiger partial charge on any atom is 0.289 e. The Morgan fingerprint density at radius 1 is 0.462 bits per heavy atom. The Labute approximate surface area is 414 Å². The number of aromatic nitrogens is 1. The third-order valence-electron chi connectivity index (χ3n) is 12.1. The van der Waals surface area contributed by atoms with E-state index in [1.807, 2.05) is 103 Å². The van der Waals surface area contributed by atoms with Crippen molar-refractivity contribution < 1.29 is 33.5 Å². The SMILES string of the molecule is [2H]c1c([2H])c([2H])c2c(c1[2H])SB1c3c([2H])c([2H])c(-c4ccccc4[Si](c4ccccc4)(c4ccccc4)c4ccccc4)c([2H])c3Oc3c([2H])c(-c4c([2H])c([2H])c([2H])c([2H])c4-n4c5c([2H])c([2H])c([2H])c([2H])c5c5c([2H])c([2H])c([2H])c([2H])c54)c([2H])c-2c31. The van der Waals surface area contributed by atoms with Crippen molar-refractivity contribution in [2.45, 2.75) is 4.90 Å². The average Bonchev–Trinajstić information content (AvgIpc) is 1.05. The fourth-order valence-corrected chi connectivity index (χ4v) is 15.6. The van der Waals surface area contributed by atoms with Crippen LogP contribution in [-0.2, 0) is 0 Å². The van der Waals surface area contributed by atoms with E-state index in [-0.39, 0.29) is 38.3 Å². The Kier molecular flexibility index (Phi) is 5.27. The maximum absolute atomic E-state index is 10.4. The summed E-state index contributed by atoms with van der Waals surface area (Å²) in [5, 5.41) is 2.76. The van der Waals surface area contributed by atoms with Gasteiger partial charge in [0.05, 0.1) is 45.5 Å². The predicted molar refractivity (Wildman–Crippen MR) is 278 cm³/mol. The molecule has 0 fully saturated rings. The number of rotatable bonds is 7. The van der Waals surface area contributed by atoms with Crippen LogP contribution in [0, 0.1) is 0 Å². The van der Waals surface area contributed by atoms with E-state index < -0.39 is 185 Å². The van der Waals surface area contributed by atoms with Crippen LogP contribution in [0.5, 0.6) is 11.5 Å². The molecule has 0 aliphatic carbocycles. The molecule has 0 spiro atoms. The number of fused-ring (bicyclic) bond motifs is 7. The molecular weight excluding hydrogens is 822 g/mol. The molecule has 3 heterocycles. The monoisotopic (exact) mass is 882 g/mol. The van der Waals surface area contributed by atoms with Gasteiger partial charge in [0.15, 0.2) is 8.07 Å². The molecule has 2 aliphatic heterocycles. The lowest BCUT2D eigenvalue weighted by Gasteiger charge is -2.36. The van der Waals surface area contributed by atoms with Crippen LogP contribution in [0.15, 0.2) is 247 Å². The van der Waals surface area contributed by atoms with Crippen LogP contribution in [0.2, 0.25) is 0 Å². The first-order valence-electron chi connectivity index (χ1n) is 31.2. The Balaban J connectivity index is 1.17. The summed E-state index contributed by atoms with van der Waals surface area (Å²) in [5.74, 6) is -2.11. The number of para-hydroxylation sites is 3. The summed E-state index contributed by atoms with van der Waals surface area (Å²) in [4.78, 5) is -0.134. The van der Waals surface area contributed by atoms with Crippen LogP contribution in [-0.4, -0.2) is 18.6 Å². The third kappa shape index (κ3) is 5.89. The van der Waals surface area contributed by atoms with Gasteiger partial charge < -0.3 is 9.30 Å². The van der Waals surface area contributed by atoms with E-state index in [9.17, 15) is 15.1 Å². The van der Waals surface area contributed by atoms with E-state index in [1.165, 1.54) is 0 Å². The van der Waals surface area contributed by atoms with Crippen molar-refractivity contribution in [1.82, 2.24) is 4.57 Å². The van der Waals surface area contributed by atoms with Gasteiger partial charge in [-0.15, -0.1) is 0 Å². The van der Waals surface area contributed by atoms with Gasteiger partial charge in [-0.05, 0) is 102 Å². The van der Waals surface area contributed by atoms with Crippen molar-refractivity contribution in [1.29, 1.82) is 0 Å². The van der Waals surface area contributed by atoms with Crippen molar-refractivity contribution in [3.8, 4) is 50.6 Å². The predicted octanol–water partition coefficient (Wildman–Crippen LogP) is 11.5. The standard InChI is InChI=1S/C60H40BNOSSi/c1-4-20-43(21-5-1)65(44-22-6-2-7-23-44,45-24-8-3-9-25-45)59-35-19-14-27-47(59)41-36-37-52-56(39-41)63-57-40-42(38-51-50-30-13-18-34-58(50)64-61(52)60(51)57)46-26-10-15-31-53(46)62-54-32-16-11-28-48(54)49-29-12-17-33-55(49)62/h1-40H/i10D,11D,12D,13D,15D,16D,17D,18D,26D,28D,29D,30D,31D,32D,33D,34D,36D,37D,38D,39D,40D. The van der Waals surface area contributed by atoms with E-state index in [1.54, 1.807) is 12.1 Å². The lowest BCUT2D eigenvalue weighted by Crippen LogP contribution is -2.75. The quantitative estimate of drug-likeness (QED) is 0.117. The van der Waals surface area contributed by atoms with E-state index in [0.717, 1.165) is 36.9 Å². The molecule has 0 unspecified atom stereocenters. The van der Waals surface area contributed by atoms with E-state index in [2.05, 4.69) is 0 Å². The van der Waals surface area contributed by atoms with Crippen molar-refractivity contribution in [3.05, 3.63) is 242 Å².